The monoisotopic (exact) mass is 292 g/mol. The summed E-state index contributed by atoms with van der Waals surface area (Å²) < 4.78 is 0. The van der Waals surface area contributed by atoms with Crippen molar-refractivity contribution in [2.24, 2.45) is 0 Å². The number of nitrogens with zero attached hydrogens (tertiary/aromatic N) is 2. The van der Waals surface area contributed by atoms with Crippen LogP contribution >= 0.6 is 23.5 Å². The van der Waals surface area contributed by atoms with Crippen molar-refractivity contribution in [3.63, 3.8) is 0 Å². The maximum atomic E-state index is 12.0. The van der Waals surface area contributed by atoms with Crippen LogP contribution in [0.15, 0.2) is 40.4 Å². The van der Waals surface area contributed by atoms with Gasteiger partial charge in [-0.15, -0.1) is 28.6 Å². The van der Waals surface area contributed by atoms with E-state index in [-0.39, 0.29) is 11.2 Å². The largest absolute Gasteiger partial charge is 0.324 e. The summed E-state index contributed by atoms with van der Waals surface area (Å²) in [6.45, 7) is 0. The quantitative estimate of drug-likeness (QED) is 0.847. The minimum absolute atomic E-state index is 0.0331. The standard InChI is InChI=1S/C12H12N4OS2/c17-12-10(5-6-18-11-7-13-16-15-11)19-9-4-2-1-3-8(9)14-12/h1-4,7,10H,5-6H2,(H,14,17)(H,13,15,16). The van der Waals surface area contributed by atoms with Crippen LogP contribution in [0.3, 0.4) is 0 Å². The maximum absolute atomic E-state index is 12.0. The van der Waals surface area contributed by atoms with E-state index < -0.39 is 0 Å². The number of carbonyl (C=O) groups is 1. The number of thioether (sulfide) groups is 2. The van der Waals surface area contributed by atoms with Gasteiger partial charge in [0.15, 0.2) is 0 Å². The first-order valence-corrected chi connectivity index (χ1v) is 7.74. The molecule has 19 heavy (non-hydrogen) atoms. The molecule has 1 amide bonds. The molecule has 0 fully saturated rings. The van der Waals surface area contributed by atoms with Crippen LogP contribution in [0, 0.1) is 0 Å². The summed E-state index contributed by atoms with van der Waals surface area (Å²) in [7, 11) is 0. The number of carbonyl (C=O) groups excluding carboxylic acids is 1. The van der Waals surface area contributed by atoms with Crippen molar-refractivity contribution in [2.75, 3.05) is 11.1 Å². The van der Waals surface area contributed by atoms with Gasteiger partial charge in [-0.2, -0.15) is 10.3 Å². The molecule has 2 N–H and O–H groups in total. The fourth-order valence-corrected chi connectivity index (χ4v) is 3.87. The van der Waals surface area contributed by atoms with Crippen molar-refractivity contribution in [3.05, 3.63) is 30.5 Å². The van der Waals surface area contributed by atoms with Gasteiger partial charge in [0.1, 0.15) is 5.03 Å². The van der Waals surface area contributed by atoms with E-state index in [1.807, 2.05) is 24.3 Å². The van der Waals surface area contributed by atoms with Gasteiger partial charge in [0.05, 0.1) is 17.1 Å². The zero-order chi connectivity index (χ0) is 13.1. The summed E-state index contributed by atoms with van der Waals surface area (Å²) in [4.78, 5) is 13.1. The third-order valence-electron chi connectivity index (χ3n) is 2.73. The molecule has 2 heterocycles. The predicted molar refractivity (Wildman–Crippen MR) is 76.4 cm³/mol. The number of benzene rings is 1. The number of hydrogen-bond acceptors (Lipinski definition) is 5. The zero-order valence-corrected chi connectivity index (χ0v) is 11.6. The molecule has 1 atom stereocenters. The van der Waals surface area contributed by atoms with E-state index in [1.165, 1.54) is 0 Å². The van der Waals surface area contributed by atoms with E-state index in [1.54, 1.807) is 29.7 Å². The van der Waals surface area contributed by atoms with Gasteiger partial charge < -0.3 is 5.32 Å². The highest BCUT2D eigenvalue weighted by Gasteiger charge is 2.26. The second-order valence-corrected chi connectivity index (χ2v) is 6.40. The van der Waals surface area contributed by atoms with E-state index in [0.717, 1.165) is 27.8 Å². The van der Waals surface area contributed by atoms with Crippen molar-refractivity contribution in [3.8, 4) is 0 Å². The molecule has 0 spiro atoms. The second kappa shape index (κ2) is 5.66. The van der Waals surface area contributed by atoms with Gasteiger partial charge in [-0.05, 0) is 18.6 Å². The summed E-state index contributed by atoms with van der Waals surface area (Å²) in [6.07, 6.45) is 2.50. The van der Waals surface area contributed by atoms with Crippen molar-refractivity contribution < 1.29 is 4.79 Å². The number of hydrogen-bond donors (Lipinski definition) is 2. The van der Waals surface area contributed by atoms with Crippen LogP contribution in [0.25, 0.3) is 0 Å². The minimum atomic E-state index is -0.0331. The first-order valence-electron chi connectivity index (χ1n) is 5.88. The molecule has 0 aliphatic carbocycles. The number of aromatic amines is 1. The topological polar surface area (TPSA) is 70.7 Å². The van der Waals surface area contributed by atoms with Crippen molar-refractivity contribution >= 4 is 35.1 Å². The third-order valence-corrected chi connectivity index (χ3v) is 5.01. The van der Waals surface area contributed by atoms with Crippen LogP contribution in [0.5, 0.6) is 0 Å². The Labute approximate surface area is 118 Å². The van der Waals surface area contributed by atoms with Gasteiger partial charge in [0.25, 0.3) is 0 Å². The van der Waals surface area contributed by atoms with Gasteiger partial charge in [-0.3, -0.25) is 4.79 Å². The summed E-state index contributed by atoms with van der Waals surface area (Å²) in [6, 6.07) is 7.89. The summed E-state index contributed by atoms with van der Waals surface area (Å²) >= 11 is 3.24. The summed E-state index contributed by atoms with van der Waals surface area (Å²) in [5, 5.41) is 14.1. The Morgan fingerprint density at radius 1 is 1.37 bits per heavy atom. The lowest BCUT2D eigenvalue weighted by atomic mass is 10.2. The molecule has 1 aromatic heterocycles. The molecule has 0 saturated heterocycles. The van der Waals surface area contributed by atoms with Gasteiger partial charge in [-0.1, -0.05) is 12.1 Å². The average molecular weight is 292 g/mol. The first-order chi connectivity index (χ1) is 9.33. The lowest BCUT2D eigenvalue weighted by Crippen LogP contribution is -2.29. The second-order valence-electron chi connectivity index (χ2n) is 4.04. The van der Waals surface area contributed by atoms with Crippen molar-refractivity contribution in [1.82, 2.24) is 15.4 Å². The minimum Gasteiger partial charge on any atom is -0.324 e. The highest BCUT2D eigenvalue weighted by atomic mass is 32.2. The van der Waals surface area contributed by atoms with E-state index in [9.17, 15) is 4.79 Å². The van der Waals surface area contributed by atoms with E-state index >= 15 is 0 Å². The highest BCUT2D eigenvalue weighted by Crippen LogP contribution is 2.37. The lowest BCUT2D eigenvalue weighted by Gasteiger charge is -2.23. The van der Waals surface area contributed by atoms with Crippen molar-refractivity contribution in [1.29, 1.82) is 0 Å². The molecule has 98 valence electrons. The molecule has 3 rings (SSSR count). The van der Waals surface area contributed by atoms with E-state index in [0.29, 0.717) is 0 Å². The number of aromatic nitrogens is 3. The Morgan fingerprint density at radius 3 is 3.11 bits per heavy atom. The molecule has 1 aliphatic rings. The van der Waals surface area contributed by atoms with Gasteiger partial charge in [0.2, 0.25) is 5.91 Å². The molecular weight excluding hydrogens is 280 g/mol. The van der Waals surface area contributed by atoms with Crippen LogP contribution in [0.4, 0.5) is 5.69 Å². The molecule has 1 aromatic carbocycles. The van der Waals surface area contributed by atoms with E-state index in [4.69, 9.17) is 0 Å². The Hall–Kier alpha value is -1.47. The lowest BCUT2D eigenvalue weighted by molar-refractivity contribution is -0.115. The molecule has 0 bridgehead atoms. The number of anilines is 1. The SMILES string of the molecule is O=C1Nc2ccccc2SC1CCSc1cn[nH]n1. The van der Waals surface area contributed by atoms with E-state index in [2.05, 4.69) is 20.7 Å². The number of fused-ring (bicyclic) bond motifs is 1. The van der Waals surface area contributed by atoms with Crippen LogP contribution in [0.1, 0.15) is 6.42 Å². The number of rotatable bonds is 4. The summed E-state index contributed by atoms with van der Waals surface area (Å²) in [5.74, 6) is 0.934. The molecule has 0 saturated carbocycles. The Balaban J connectivity index is 1.59. The number of H-pyrrole nitrogens is 1. The van der Waals surface area contributed by atoms with Crippen LogP contribution in [-0.2, 0) is 4.79 Å². The molecule has 1 unspecified atom stereocenters. The Kier molecular flexibility index (Phi) is 3.74. The fourth-order valence-electron chi connectivity index (χ4n) is 1.81. The molecule has 2 aromatic rings. The molecule has 0 radical (unpaired) electrons. The third kappa shape index (κ3) is 2.93. The van der Waals surface area contributed by atoms with Crippen LogP contribution in [0.2, 0.25) is 0 Å². The number of amides is 1. The van der Waals surface area contributed by atoms with Gasteiger partial charge in [0, 0.05) is 10.6 Å². The number of para-hydroxylation sites is 1. The smallest absolute Gasteiger partial charge is 0.237 e. The van der Waals surface area contributed by atoms with Crippen molar-refractivity contribution in [2.45, 2.75) is 21.6 Å². The number of nitrogens with one attached hydrogen (secondary N) is 2. The molecule has 1 aliphatic heterocycles. The Morgan fingerprint density at radius 2 is 2.26 bits per heavy atom. The molecule has 5 nitrogen and oxygen atoms in total. The Bertz CT molecular complexity index is 573. The maximum Gasteiger partial charge on any atom is 0.237 e. The first kappa shape index (κ1) is 12.6. The average Bonchev–Trinajstić information content (AvgIpc) is 2.92. The molecular formula is C12H12N4OS2. The van der Waals surface area contributed by atoms with Crippen LogP contribution < -0.4 is 5.32 Å². The highest BCUT2D eigenvalue weighted by molar-refractivity contribution is 8.01. The summed E-state index contributed by atoms with van der Waals surface area (Å²) in [5.41, 5.74) is 0.915. The normalized spacial score (nSPS) is 17.9. The van der Waals surface area contributed by atoms with Gasteiger partial charge in [-0.25, -0.2) is 0 Å². The van der Waals surface area contributed by atoms with Crippen LogP contribution in [-0.4, -0.2) is 32.3 Å². The zero-order valence-electron chi connectivity index (χ0n) is 10.00. The molecule has 7 heteroatoms. The predicted octanol–water partition coefficient (Wildman–Crippen LogP) is 2.40. The van der Waals surface area contributed by atoms with Gasteiger partial charge >= 0.3 is 0 Å². The fraction of sp³-hybridized carbons (Fsp3) is 0.250.